The highest BCUT2D eigenvalue weighted by Crippen LogP contribution is 2.48. The highest BCUT2D eigenvalue weighted by atomic mass is 32.2. The van der Waals surface area contributed by atoms with E-state index in [4.69, 9.17) is 0 Å². The highest BCUT2D eigenvalue weighted by molar-refractivity contribution is 7.90. The summed E-state index contributed by atoms with van der Waals surface area (Å²) in [4.78, 5) is 0. The Hall–Kier alpha value is -0.510. The molecule has 0 bridgehead atoms. The Balaban J connectivity index is 5.80. The Labute approximate surface area is 101 Å². The number of hydrogen-bond acceptors (Lipinski definition) is 2. The van der Waals surface area contributed by atoms with Crippen LogP contribution in [0.3, 0.4) is 0 Å². The number of nitrogens with zero attached hydrogens (tertiary/aromatic N) is 1. The molecule has 3 nitrogen and oxygen atoms in total. The van der Waals surface area contributed by atoms with Crippen molar-refractivity contribution in [2.45, 2.75) is 37.9 Å². The van der Waals surface area contributed by atoms with Gasteiger partial charge < -0.3 is 0 Å². The second-order valence-corrected chi connectivity index (χ2v) is 5.55. The predicted octanol–water partition coefficient (Wildman–Crippen LogP) is 2.54. The van der Waals surface area contributed by atoms with Crippen LogP contribution in [0, 0.1) is 0 Å². The van der Waals surface area contributed by atoms with E-state index in [1.165, 1.54) is 0 Å². The summed E-state index contributed by atoms with van der Waals surface area (Å²) in [5.41, 5.74) is 0. The number of alkyl halides is 6. The van der Waals surface area contributed by atoms with Crippen LogP contribution in [0.15, 0.2) is 0 Å². The SMILES string of the molecule is CCN(CC)S(=O)(=O)C(F)(F)C(F)(F)C(C)(F)F. The van der Waals surface area contributed by atoms with Gasteiger partial charge in [-0.1, -0.05) is 13.8 Å². The lowest BCUT2D eigenvalue weighted by atomic mass is 10.2. The lowest BCUT2D eigenvalue weighted by Gasteiger charge is -2.33. The van der Waals surface area contributed by atoms with Crippen LogP contribution in [0.5, 0.6) is 0 Å². The van der Waals surface area contributed by atoms with Crippen LogP contribution in [0.2, 0.25) is 0 Å². The Morgan fingerprint density at radius 2 is 1.28 bits per heavy atom. The maximum absolute atomic E-state index is 13.2. The topological polar surface area (TPSA) is 37.4 Å². The molecule has 0 amide bonds. The van der Waals surface area contributed by atoms with Crippen molar-refractivity contribution in [1.29, 1.82) is 0 Å². The Bertz CT molecular complexity index is 385. The number of sulfonamides is 1. The van der Waals surface area contributed by atoms with Gasteiger partial charge in [-0.25, -0.2) is 8.42 Å². The molecule has 0 radical (unpaired) electrons. The van der Waals surface area contributed by atoms with Gasteiger partial charge in [0.25, 0.3) is 10.0 Å². The van der Waals surface area contributed by atoms with E-state index in [1.54, 1.807) is 0 Å². The van der Waals surface area contributed by atoms with Gasteiger partial charge >= 0.3 is 17.1 Å². The Morgan fingerprint density at radius 3 is 1.50 bits per heavy atom. The zero-order valence-corrected chi connectivity index (χ0v) is 10.7. The summed E-state index contributed by atoms with van der Waals surface area (Å²) in [6.07, 6.45) is 0. The van der Waals surface area contributed by atoms with Gasteiger partial charge in [-0.3, -0.25) is 0 Å². The zero-order valence-electron chi connectivity index (χ0n) is 9.85. The van der Waals surface area contributed by atoms with Gasteiger partial charge in [0.2, 0.25) is 0 Å². The van der Waals surface area contributed by atoms with E-state index in [-0.39, 0.29) is 4.31 Å². The van der Waals surface area contributed by atoms with Crippen molar-refractivity contribution in [2.24, 2.45) is 0 Å². The molecule has 0 unspecified atom stereocenters. The second kappa shape index (κ2) is 4.87. The van der Waals surface area contributed by atoms with Gasteiger partial charge in [0.05, 0.1) is 0 Å². The molecular weight excluding hydrogens is 288 g/mol. The highest BCUT2D eigenvalue weighted by Gasteiger charge is 2.76. The van der Waals surface area contributed by atoms with Crippen LogP contribution in [0.1, 0.15) is 20.8 Å². The first-order chi connectivity index (χ1) is 7.77. The maximum atomic E-state index is 13.2. The average molecular weight is 301 g/mol. The minimum absolute atomic E-state index is 0.00660. The summed E-state index contributed by atoms with van der Waals surface area (Å²) < 4.78 is 99.9. The average Bonchev–Trinajstić information content (AvgIpc) is 2.16. The van der Waals surface area contributed by atoms with E-state index in [2.05, 4.69) is 0 Å². The van der Waals surface area contributed by atoms with E-state index < -0.39 is 47.1 Å². The van der Waals surface area contributed by atoms with Crippen molar-refractivity contribution >= 4 is 10.0 Å². The molecule has 0 aliphatic rings. The number of rotatable bonds is 6. The van der Waals surface area contributed by atoms with Crippen molar-refractivity contribution in [3.05, 3.63) is 0 Å². The molecule has 0 fully saturated rings. The van der Waals surface area contributed by atoms with E-state index in [1.807, 2.05) is 0 Å². The fraction of sp³-hybridized carbons (Fsp3) is 1.00. The molecule has 18 heavy (non-hydrogen) atoms. The maximum Gasteiger partial charge on any atom is 0.427 e. The minimum atomic E-state index is -6.00. The third-order valence-electron chi connectivity index (χ3n) is 2.29. The molecule has 0 heterocycles. The summed E-state index contributed by atoms with van der Waals surface area (Å²) in [6, 6.07) is 0. The van der Waals surface area contributed by atoms with Crippen molar-refractivity contribution < 1.29 is 34.8 Å². The quantitative estimate of drug-likeness (QED) is 0.707. The van der Waals surface area contributed by atoms with Crippen molar-refractivity contribution in [3.8, 4) is 0 Å². The predicted molar refractivity (Wildman–Crippen MR) is 52.4 cm³/mol. The first kappa shape index (κ1) is 17.5. The molecule has 0 aliphatic carbocycles. The van der Waals surface area contributed by atoms with Gasteiger partial charge in [0.1, 0.15) is 0 Å². The van der Waals surface area contributed by atoms with Crippen LogP contribution in [-0.4, -0.2) is 42.9 Å². The van der Waals surface area contributed by atoms with Crippen LogP contribution in [0.4, 0.5) is 26.3 Å². The smallest absolute Gasteiger partial charge is 0.206 e. The lowest BCUT2D eigenvalue weighted by molar-refractivity contribution is -0.272. The fourth-order valence-corrected chi connectivity index (χ4v) is 2.65. The van der Waals surface area contributed by atoms with Gasteiger partial charge in [-0.15, -0.1) is 0 Å². The van der Waals surface area contributed by atoms with Crippen molar-refractivity contribution in [3.63, 3.8) is 0 Å². The van der Waals surface area contributed by atoms with Crippen LogP contribution < -0.4 is 0 Å². The first-order valence-electron chi connectivity index (χ1n) is 4.90. The van der Waals surface area contributed by atoms with E-state index in [9.17, 15) is 34.8 Å². The largest absolute Gasteiger partial charge is 0.427 e. The molecule has 0 aliphatic heterocycles. The van der Waals surface area contributed by atoms with E-state index in [0.29, 0.717) is 0 Å². The van der Waals surface area contributed by atoms with Crippen LogP contribution in [0.25, 0.3) is 0 Å². The van der Waals surface area contributed by atoms with E-state index in [0.717, 1.165) is 13.8 Å². The van der Waals surface area contributed by atoms with Gasteiger partial charge in [-0.2, -0.15) is 30.6 Å². The van der Waals surface area contributed by atoms with Gasteiger partial charge in [0, 0.05) is 20.0 Å². The minimum Gasteiger partial charge on any atom is -0.206 e. The molecule has 10 heteroatoms. The lowest BCUT2D eigenvalue weighted by Crippen LogP contribution is -2.60. The zero-order chi connectivity index (χ0) is 15.0. The van der Waals surface area contributed by atoms with Crippen LogP contribution >= 0.6 is 0 Å². The molecule has 110 valence electrons. The molecule has 0 spiro atoms. The first-order valence-corrected chi connectivity index (χ1v) is 6.34. The monoisotopic (exact) mass is 301 g/mol. The molecule has 0 atom stereocenters. The number of hydrogen-bond donors (Lipinski definition) is 0. The Morgan fingerprint density at radius 1 is 0.944 bits per heavy atom. The summed E-state index contributed by atoms with van der Waals surface area (Å²) in [7, 11) is -5.87. The van der Waals surface area contributed by atoms with Crippen LogP contribution in [-0.2, 0) is 10.0 Å². The van der Waals surface area contributed by atoms with E-state index >= 15 is 0 Å². The molecular formula is C8H13F6NO2S. The molecule has 0 saturated carbocycles. The summed E-state index contributed by atoms with van der Waals surface area (Å²) in [5, 5.41) is -5.88. The molecule has 0 N–H and O–H groups in total. The Kier molecular flexibility index (Phi) is 4.74. The third-order valence-corrected chi connectivity index (χ3v) is 4.39. The normalized spacial score (nSPS) is 15.2. The molecule has 0 aromatic rings. The molecule has 0 rings (SSSR count). The second-order valence-electron chi connectivity index (χ2n) is 3.57. The van der Waals surface area contributed by atoms with Gasteiger partial charge in [-0.05, 0) is 0 Å². The number of halogens is 6. The molecule has 0 aromatic heterocycles. The summed E-state index contributed by atoms with van der Waals surface area (Å²) >= 11 is 0. The molecule has 0 aromatic carbocycles. The summed E-state index contributed by atoms with van der Waals surface area (Å²) in [6.45, 7) is 0.733. The third kappa shape index (κ3) is 2.44. The van der Waals surface area contributed by atoms with Crippen molar-refractivity contribution in [2.75, 3.05) is 13.1 Å². The van der Waals surface area contributed by atoms with Gasteiger partial charge in [0.15, 0.2) is 0 Å². The van der Waals surface area contributed by atoms with Crippen molar-refractivity contribution in [1.82, 2.24) is 4.31 Å². The molecule has 0 saturated heterocycles. The summed E-state index contributed by atoms with van der Waals surface area (Å²) in [5.74, 6) is -11.2. The standard InChI is InChI=1S/C8H13F6NO2S/c1-4-15(5-2)18(16,17)8(13,14)7(11,12)6(3,9)10/h4-5H2,1-3H3. The fourth-order valence-electron chi connectivity index (χ4n) is 1.14.